The molecule has 1 amide bonds. The summed E-state index contributed by atoms with van der Waals surface area (Å²) in [5.74, 6) is -1.42. The average Bonchev–Trinajstić information content (AvgIpc) is 2.89. The van der Waals surface area contributed by atoms with Gasteiger partial charge in [-0.3, -0.25) is 4.79 Å². The second-order valence-electron chi connectivity index (χ2n) is 4.62. The fourth-order valence-electron chi connectivity index (χ4n) is 2.03. The van der Waals surface area contributed by atoms with E-state index in [4.69, 9.17) is 9.88 Å². The van der Waals surface area contributed by atoms with Gasteiger partial charge in [-0.1, -0.05) is 0 Å². The summed E-state index contributed by atoms with van der Waals surface area (Å²) in [4.78, 5) is 13.2. The van der Waals surface area contributed by atoms with E-state index in [1.807, 2.05) is 0 Å². The highest BCUT2D eigenvalue weighted by Crippen LogP contribution is 2.18. The molecule has 2 N–H and O–H groups in total. The van der Waals surface area contributed by atoms with E-state index < -0.39 is 21.7 Å². The summed E-state index contributed by atoms with van der Waals surface area (Å²) < 4.78 is 41.3. The van der Waals surface area contributed by atoms with Gasteiger partial charge in [0.1, 0.15) is 5.82 Å². The van der Waals surface area contributed by atoms with Gasteiger partial charge in [0.25, 0.3) is 5.91 Å². The fraction of sp³-hybridized carbons (Fsp3) is 0.417. The van der Waals surface area contributed by atoms with E-state index in [-0.39, 0.29) is 16.5 Å². The van der Waals surface area contributed by atoms with Crippen molar-refractivity contribution in [3.63, 3.8) is 0 Å². The molecule has 0 spiro atoms. The molecular weight excluding hydrogens is 287 g/mol. The third kappa shape index (κ3) is 2.97. The van der Waals surface area contributed by atoms with Crippen LogP contribution >= 0.6 is 0 Å². The van der Waals surface area contributed by atoms with Crippen LogP contribution in [0.1, 0.15) is 16.8 Å². The zero-order chi connectivity index (χ0) is 14.9. The maximum absolute atomic E-state index is 13.9. The van der Waals surface area contributed by atoms with E-state index in [1.165, 1.54) is 4.90 Å². The molecule has 1 aromatic carbocycles. The van der Waals surface area contributed by atoms with Crippen molar-refractivity contribution >= 4 is 15.9 Å². The van der Waals surface area contributed by atoms with Crippen LogP contribution in [0.3, 0.4) is 0 Å². The summed E-state index contributed by atoms with van der Waals surface area (Å²) in [6, 6.07) is 2.90. The molecule has 8 heteroatoms. The van der Waals surface area contributed by atoms with E-state index >= 15 is 0 Å². The fourth-order valence-corrected chi connectivity index (χ4v) is 2.56. The van der Waals surface area contributed by atoms with Crippen LogP contribution < -0.4 is 5.14 Å². The maximum Gasteiger partial charge on any atom is 0.256 e. The lowest BCUT2D eigenvalue weighted by molar-refractivity contribution is 0.0706. The minimum absolute atomic E-state index is 0.0974. The van der Waals surface area contributed by atoms with Crippen molar-refractivity contribution in [3.05, 3.63) is 29.6 Å². The Bertz CT molecular complexity index is 626. The highest BCUT2D eigenvalue weighted by Gasteiger charge is 2.27. The molecule has 0 saturated carbocycles. The van der Waals surface area contributed by atoms with Gasteiger partial charge in [-0.05, 0) is 24.6 Å². The normalized spacial score (nSPS) is 19.1. The Labute approximate surface area is 116 Å². The van der Waals surface area contributed by atoms with E-state index in [9.17, 15) is 17.6 Å². The first-order chi connectivity index (χ1) is 9.30. The molecule has 1 aliphatic rings. The van der Waals surface area contributed by atoms with Gasteiger partial charge in [-0.15, -0.1) is 0 Å². The van der Waals surface area contributed by atoms with E-state index in [0.29, 0.717) is 19.6 Å². The molecule has 1 fully saturated rings. The number of carbonyl (C=O) groups excluding carboxylic acids is 1. The smallest absolute Gasteiger partial charge is 0.256 e. The van der Waals surface area contributed by atoms with Crippen molar-refractivity contribution < 1.29 is 22.3 Å². The maximum atomic E-state index is 13.9. The van der Waals surface area contributed by atoms with Gasteiger partial charge in [0.15, 0.2) is 0 Å². The molecule has 0 aromatic heterocycles. The second kappa shape index (κ2) is 5.47. The van der Waals surface area contributed by atoms with Crippen LogP contribution in [-0.4, -0.2) is 45.5 Å². The number of likely N-dealkylation sites (N-methyl/N-ethyl adjacent to an activating group) is 1. The molecule has 0 bridgehead atoms. The van der Waals surface area contributed by atoms with Crippen LogP contribution in [0.5, 0.6) is 0 Å². The van der Waals surface area contributed by atoms with Crippen molar-refractivity contribution in [3.8, 4) is 0 Å². The molecule has 6 nitrogen and oxygen atoms in total. The van der Waals surface area contributed by atoms with Crippen molar-refractivity contribution in [1.29, 1.82) is 0 Å². The number of nitrogens with zero attached hydrogens (tertiary/aromatic N) is 1. The lowest BCUT2D eigenvalue weighted by Crippen LogP contribution is -2.37. The summed E-state index contributed by atoms with van der Waals surface area (Å²) in [5.41, 5.74) is -0.188. The number of hydrogen-bond acceptors (Lipinski definition) is 4. The van der Waals surface area contributed by atoms with Gasteiger partial charge in [0.05, 0.1) is 23.1 Å². The molecule has 1 unspecified atom stereocenters. The molecule has 1 atom stereocenters. The number of hydrogen-bond donors (Lipinski definition) is 1. The Balaban J connectivity index is 2.26. The van der Waals surface area contributed by atoms with E-state index in [2.05, 4.69) is 0 Å². The van der Waals surface area contributed by atoms with Crippen molar-refractivity contribution in [2.45, 2.75) is 17.4 Å². The topological polar surface area (TPSA) is 89.7 Å². The number of rotatable bonds is 3. The standard InChI is InChI=1S/C12H15FN2O4S/c1-15(8-4-5-19-7-8)12(16)10-3-2-9(6-11(10)13)20(14,17)18/h2-3,6,8H,4-5,7H2,1H3,(H2,14,17,18). The molecular formula is C12H15FN2O4S. The van der Waals surface area contributed by atoms with Crippen LogP contribution in [0, 0.1) is 5.82 Å². The highest BCUT2D eigenvalue weighted by molar-refractivity contribution is 7.89. The molecule has 1 aliphatic heterocycles. The lowest BCUT2D eigenvalue weighted by Gasteiger charge is -2.23. The van der Waals surface area contributed by atoms with Crippen LogP contribution in [-0.2, 0) is 14.8 Å². The third-order valence-corrected chi connectivity index (χ3v) is 4.18. The minimum atomic E-state index is -3.99. The molecule has 0 aliphatic carbocycles. The Morgan fingerprint density at radius 1 is 1.50 bits per heavy atom. The largest absolute Gasteiger partial charge is 0.379 e. The average molecular weight is 302 g/mol. The van der Waals surface area contributed by atoms with Gasteiger partial charge in [0, 0.05) is 13.7 Å². The van der Waals surface area contributed by atoms with Crippen LogP contribution in [0.4, 0.5) is 4.39 Å². The third-order valence-electron chi connectivity index (χ3n) is 3.27. The first-order valence-electron chi connectivity index (χ1n) is 5.98. The predicted octanol–water partition coefficient (Wildman–Crippen LogP) is 0.334. The second-order valence-corrected chi connectivity index (χ2v) is 6.18. The van der Waals surface area contributed by atoms with Crippen molar-refractivity contribution in [1.82, 2.24) is 4.90 Å². The first-order valence-corrected chi connectivity index (χ1v) is 7.52. The van der Waals surface area contributed by atoms with Gasteiger partial charge >= 0.3 is 0 Å². The molecule has 20 heavy (non-hydrogen) atoms. The Morgan fingerprint density at radius 2 is 2.20 bits per heavy atom. The summed E-state index contributed by atoms with van der Waals surface area (Å²) in [6.07, 6.45) is 0.694. The summed E-state index contributed by atoms with van der Waals surface area (Å²) >= 11 is 0. The zero-order valence-electron chi connectivity index (χ0n) is 10.9. The van der Waals surface area contributed by atoms with Gasteiger partial charge in [-0.25, -0.2) is 17.9 Å². The van der Waals surface area contributed by atoms with Gasteiger partial charge < -0.3 is 9.64 Å². The summed E-state index contributed by atoms with van der Waals surface area (Å²) in [5, 5.41) is 4.90. The molecule has 1 aromatic rings. The number of halogens is 1. The molecule has 2 rings (SSSR count). The lowest BCUT2D eigenvalue weighted by atomic mass is 10.1. The van der Waals surface area contributed by atoms with Gasteiger partial charge in [0.2, 0.25) is 10.0 Å². The summed E-state index contributed by atoms with van der Waals surface area (Å²) in [7, 11) is -2.42. The molecule has 110 valence electrons. The van der Waals surface area contributed by atoms with Crippen LogP contribution in [0.15, 0.2) is 23.1 Å². The van der Waals surface area contributed by atoms with Crippen LogP contribution in [0.2, 0.25) is 0 Å². The zero-order valence-corrected chi connectivity index (χ0v) is 11.7. The van der Waals surface area contributed by atoms with Crippen LogP contribution in [0.25, 0.3) is 0 Å². The summed E-state index contributed by atoms with van der Waals surface area (Å²) in [6.45, 7) is 0.980. The number of amides is 1. The number of sulfonamides is 1. The monoisotopic (exact) mass is 302 g/mol. The minimum Gasteiger partial charge on any atom is -0.379 e. The number of ether oxygens (including phenoxy) is 1. The van der Waals surface area contributed by atoms with Crippen molar-refractivity contribution in [2.24, 2.45) is 5.14 Å². The van der Waals surface area contributed by atoms with E-state index in [1.54, 1.807) is 7.05 Å². The number of carbonyl (C=O) groups is 1. The number of primary sulfonamides is 1. The van der Waals surface area contributed by atoms with Crippen molar-refractivity contribution in [2.75, 3.05) is 20.3 Å². The Kier molecular flexibility index (Phi) is 4.07. The molecule has 1 saturated heterocycles. The first kappa shape index (κ1) is 14.9. The quantitative estimate of drug-likeness (QED) is 0.871. The molecule has 0 radical (unpaired) electrons. The SMILES string of the molecule is CN(C(=O)c1ccc(S(N)(=O)=O)cc1F)C1CCOC1. The van der Waals surface area contributed by atoms with E-state index in [0.717, 1.165) is 18.2 Å². The number of benzene rings is 1. The Morgan fingerprint density at radius 3 is 2.70 bits per heavy atom. The number of nitrogens with two attached hydrogens (primary N) is 1. The Hall–Kier alpha value is -1.51. The van der Waals surface area contributed by atoms with Gasteiger partial charge in [-0.2, -0.15) is 0 Å². The highest BCUT2D eigenvalue weighted by atomic mass is 32.2. The predicted molar refractivity (Wildman–Crippen MR) is 69.1 cm³/mol. The molecule has 1 heterocycles.